The first-order valence-electron chi connectivity index (χ1n) is 9.48. The summed E-state index contributed by atoms with van der Waals surface area (Å²) >= 11 is 0. The largest absolute Gasteiger partial charge is 0.441 e. The molecule has 0 radical (unpaired) electrons. The average molecular weight is 400 g/mol. The van der Waals surface area contributed by atoms with E-state index in [1.807, 2.05) is 24.5 Å². The highest BCUT2D eigenvalue weighted by molar-refractivity contribution is 6.77. The summed E-state index contributed by atoms with van der Waals surface area (Å²) in [6.45, 7) is 20.2. The molecule has 0 aromatic rings. The Labute approximate surface area is 161 Å². The zero-order valence-corrected chi connectivity index (χ0v) is 20.3. The van der Waals surface area contributed by atoms with E-state index in [1.54, 1.807) is 0 Å². The van der Waals surface area contributed by atoms with Gasteiger partial charge in [-0.05, 0) is 38.4 Å². The second-order valence-corrected chi connectivity index (χ2v) is 16.1. The molecule has 0 N–H and O–H groups in total. The number of nitrogens with zero attached hydrogens (tertiary/aromatic N) is 1. The zero-order chi connectivity index (χ0) is 20.5. The molecule has 1 unspecified atom stereocenters. The number of carbonyl (C=O) groups excluding carboxylic acids is 2. The average Bonchev–Trinajstić information content (AvgIpc) is 2.41. The molecule has 0 spiro atoms. The Kier molecular flexibility index (Phi) is 7.10. The van der Waals surface area contributed by atoms with E-state index < -0.39 is 35.0 Å². The van der Waals surface area contributed by atoms with Crippen molar-refractivity contribution in [3.05, 3.63) is 12.2 Å². The van der Waals surface area contributed by atoms with Gasteiger partial charge in [0.1, 0.15) is 5.92 Å². The molecule has 1 fully saturated rings. The molecule has 0 aliphatic carbocycles. The highest BCUT2D eigenvalue weighted by atomic mass is 28.3. The van der Waals surface area contributed by atoms with Crippen LogP contribution in [-0.2, 0) is 18.8 Å². The number of rotatable bonds is 7. The molecule has 1 rings (SSSR count). The highest BCUT2D eigenvalue weighted by Crippen LogP contribution is 2.49. The normalized spacial score (nSPS) is 24.0. The Hall–Kier alpha value is -0.926. The minimum absolute atomic E-state index is 0.0597. The summed E-state index contributed by atoms with van der Waals surface area (Å²) in [7, 11) is -3.49. The number of hydrogen-bond donors (Lipinski definition) is 0. The Morgan fingerprint density at radius 2 is 1.81 bits per heavy atom. The summed E-state index contributed by atoms with van der Waals surface area (Å²) in [5, 5.41) is 0. The van der Waals surface area contributed by atoms with Gasteiger partial charge in [-0.1, -0.05) is 46.0 Å². The molecule has 0 bridgehead atoms. The molecule has 0 saturated carbocycles. The van der Waals surface area contributed by atoms with Gasteiger partial charge < -0.3 is 13.7 Å². The molecule has 150 valence electrons. The van der Waals surface area contributed by atoms with Crippen molar-refractivity contribution in [3.8, 4) is 0 Å². The fourth-order valence-electron chi connectivity index (χ4n) is 3.62. The summed E-state index contributed by atoms with van der Waals surface area (Å²) in [5.41, 5.74) is -0.934. The molecule has 26 heavy (non-hydrogen) atoms. The lowest BCUT2D eigenvalue weighted by Gasteiger charge is -2.60. The Balaban J connectivity index is 3.33. The molecule has 5 nitrogen and oxygen atoms in total. The molecule has 0 aromatic heterocycles. The van der Waals surface area contributed by atoms with Crippen LogP contribution in [0.4, 0.5) is 0 Å². The van der Waals surface area contributed by atoms with Crippen molar-refractivity contribution < 1.29 is 18.8 Å². The lowest BCUT2D eigenvalue weighted by atomic mass is 9.66. The van der Waals surface area contributed by atoms with Crippen molar-refractivity contribution in [1.82, 2.24) is 4.57 Å². The van der Waals surface area contributed by atoms with Crippen LogP contribution in [0.25, 0.3) is 0 Å². The number of amides is 1. The number of β-lactam (4-membered cyclic amide) rings is 1. The standard InChI is InChI=1S/C19H37NO4Si2/c1-11-12-13-26(9,10)20-16(22)15(17(20)23-14(2)21)19(6,18(3,4)5)24-25(7)8/h11-12,15,17,25H,13H2,1-10H3/b12-11-/t15-,17+,19?/m0/s1. The van der Waals surface area contributed by atoms with Crippen LogP contribution in [0.3, 0.4) is 0 Å². The van der Waals surface area contributed by atoms with Crippen molar-refractivity contribution in [1.29, 1.82) is 0 Å². The van der Waals surface area contributed by atoms with E-state index in [-0.39, 0.29) is 17.3 Å². The van der Waals surface area contributed by atoms with Crippen LogP contribution in [0.2, 0.25) is 32.2 Å². The maximum Gasteiger partial charge on any atom is 0.304 e. The first-order valence-corrected chi connectivity index (χ1v) is 15.4. The molecule has 1 aliphatic heterocycles. The molecule has 1 saturated heterocycles. The molecule has 1 heterocycles. The van der Waals surface area contributed by atoms with Gasteiger partial charge in [0.2, 0.25) is 5.91 Å². The fraction of sp³-hybridized carbons (Fsp3) is 0.789. The van der Waals surface area contributed by atoms with Crippen LogP contribution in [0, 0.1) is 11.3 Å². The maximum atomic E-state index is 13.3. The van der Waals surface area contributed by atoms with Crippen molar-refractivity contribution in [2.24, 2.45) is 11.3 Å². The van der Waals surface area contributed by atoms with E-state index in [2.05, 4.69) is 53.0 Å². The zero-order valence-electron chi connectivity index (χ0n) is 18.2. The van der Waals surface area contributed by atoms with E-state index in [1.165, 1.54) is 6.92 Å². The van der Waals surface area contributed by atoms with E-state index in [9.17, 15) is 9.59 Å². The Bertz CT molecular complexity index is 568. The van der Waals surface area contributed by atoms with Gasteiger partial charge in [-0.25, -0.2) is 0 Å². The van der Waals surface area contributed by atoms with Crippen LogP contribution in [0.5, 0.6) is 0 Å². The van der Waals surface area contributed by atoms with E-state index in [0.717, 1.165) is 6.04 Å². The smallest absolute Gasteiger partial charge is 0.304 e. The quantitative estimate of drug-likeness (QED) is 0.282. The summed E-state index contributed by atoms with van der Waals surface area (Å²) < 4.78 is 14.0. The van der Waals surface area contributed by atoms with Crippen molar-refractivity contribution in [3.63, 3.8) is 0 Å². The fourth-order valence-corrected chi connectivity index (χ4v) is 7.73. The Morgan fingerprint density at radius 3 is 2.19 bits per heavy atom. The topological polar surface area (TPSA) is 55.8 Å². The second kappa shape index (κ2) is 7.98. The molecule has 1 amide bonds. The van der Waals surface area contributed by atoms with Crippen LogP contribution in [0.15, 0.2) is 12.2 Å². The second-order valence-electron chi connectivity index (χ2n) is 9.30. The summed E-state index contributed by atoms with van der Waals surface area (Å²) in [6.07, 6.45) is 3.56. The summed E-state index contributed by atoms with van der Waals surface area (Å²) in [5.74, 6) is -0.755. The van der Waals surface area contributed by atoms with Crippen molar-refractivity contribution in [2.75, 3.05) is 0 Å². The van der Waals surface area contributed by atoms with Crippen LogP contribution in [-0.4, -0.2) is 45.5 Å². The molecule has 3 atom stereocenters. The van der Waals surface area contributed by atoms with Gasteiger partial charge in [-0.15, -0.1) is 0 Å². The van der Waals surface area contributed by atoms with Crippen LogP contribution in [0.1, 0.15) is 41.5 Å². The van der Waals surface area contributed by atoms with Gasteiger partial charge in [0.25, 0.3) is 0 Å². The van der Waals surface area contributed by atoms with Gasteiger partial charge in [0, 0.05) is 6.92 Å². The molecule has 7 heteroatoms. The van der Waals surface area contributed by atoms with Gasteiger partial charge in [-0.3, -0.25) is 9.59 Å². The van der Waals surface area contributed by atoms with E-state index in [4.69, 9.17) is 9.16 Å². The third kappa shape index (κ3) is 4.48. The highest BCUT2D eigenvalue weighted by Gasteiger charge is 2.65. The monoisotopic (exact) mass is 399 g/mol. The summed E-state index contributed by atoms with van der Waals surface area (Å²) in [6, 6.07) is 0.839. The third-order valence-electron chi connectivity index (χ3n) is 5.40. The predicted octanol–water partition coefficient (Wildman–Crippen LogP) is 3.92. The molecule has 1 aliphatic rings. The SMILES string of the molecule is C/C=C\C[Si](C)(C)N1C(=O)[C@H](C(C)(O[SiH](C)C)C(C)(C)C)[C@H]1OC(C)=O. The predicted molar refractivity (Wildman–Crippen MR) is 111 cm³/mol. The molecule has 0 aromatic carbocycles. The number of carbonyl (C=O) groups is 2. The van der Waals surface area contributed by atoms with E-state index >= 15 is 0 Å². The van der Waals surface area contributed by atoms with Crippen molar-refractivity contribution >= 4 is 29.2 Å². The minimum Gasteiger partial charge on any atom is -0.441 e. The third-order valence-corrected chi connectivity index (χ3v) is 9.37. The van der Waals surface area contributed by atoms with Gasteiger partial charge in [0.05, 0.1) is 5.60 Å². The van der Waals surface area contributed by atoms with Gasteiger partial charge in [0.15, 0.2) is 23.5 Å². The minimum atomic E-state index is -2.08. The van der Waals surface area contributed by atoms with Crippen molar-refractivity contribution in [2.45, 2.75) is 85.6 Å². The van der Waals surface area contributed by atoms with Gasteiger partial charge in [-0.2, -0.15) is 0 Å². The Morgan fingerprint density at radius 1 is 1.27 bits per heavy atom. The van der Waals surface area contributed by atoms with Crippen LogP contribution >= 0.6 is 0 Å². The number of allylic oxidation sites excluding steroid dienone is 2. The number of esters is 1. The molecular weight excluding hydrogens is 362 g/mol. The number of ether oxygens (including phenoxy) is 1. The molecular formula is C19H37NO4Si2. The lowest BCUT2D eigenvalue weighted by Crippen LogP contribution is -2.77. The number of hydrogen-bond acceptors (Lipinski definition) is 4. The van der Waals surface area contributed by atoms with Crippen LogP contribution < -0.4 is 0 Å². The summed E-state index contributed by atoms with van der Waals surface area (Å²) in [4.78, 5) is 25.1. The first kappa shape index (κ1) is 23.1. The van der Waals surface area contributed by atoms with E-state index in [0.29, 0.717) is 0 Å². The van der Waals surface area contributed by atoms with Gasteiger partial charge >= 0.3 is 5.97 Å². The maximum absolute atomic E-state index is 13.3. The lowest BCUT2D eigenvalue weighted by molar-refractivity contribution is -0.215. The first-order chi connectivity index (χ1) is 11.7.